The zero-order chi connectivity index (χ0) is 22.4. The van der Waals surface area contributed by atoms with Crippen LogP contribution in [0, 0.1) is 11.8 Å². The van der Waals surface area contributed by atoms with Gasteiger partial charge in [0.25, 0.3) is 0 Å². The van der Waals surface area contributed by atoms with Gasteiger partial charge in [0.15, 0.2) is 0 Å². The highest BCUT2D eigenvalue weighted by Gasteiger charge is 2.69. The van der Waals surface area contributed by atoms with Crippen molar-refractivity contribution >= 4 is 17.5 Å². The Labute approximate surface area is 183 Å². The predicted octanol–water partition coefficient (Wildman–Crippen LogP) is 2.61. The van der Waals surface area contributed by atoms with Crippen LogP contribution in [0.2, 0.25) is 0 Å². The molecule has 2 unspecified atom stereocenters. The number of benzene rings is 3. The van der Waals surface area contributed by atoms with E-state index in [-0.39, 0.29) is 22.6 Å². The highest BCUT2D eigenvalue weighted by molar-refractivity contribution is 6.23. The fourth-order valence-electron chi connectivity index (χ4n) is 5.91. The number of ether oxygens (including phenoxy) is 1. The summed E-state index contributed by atoms with van der Waals surface area (Å²) >= 11 is 0. The lowest BCUT2D eigenvalue weighted by molar-refractivity contribution is -0.133. The smallest absolute Gasteiger partial charge is 0.241 e. The van der Waals surface area contributed by atoms with E-state index in [1.165, 1.54) is 19.2 Å². The number of rotatable bonds is 2. The fraction of sp³-hybridized carbons (Fsp3) is 0.200. The van der Waals surface area contributed by atoms with Gasteiger partial charge in [0, 0.05) is 17.0 Å². The molecule has 3 aliphatic carbocycles. The van der Waals surface area contributed by atoms with Gasteiger partial charge in [-0.15, -0.1) is 0 Å². The second-order valence-corrected chi connectivity index (χ2v) is 8.44. The molecule has 7 nitrogen and oxygen atoms in total. The van der Waals surface area contributed by atoms with Crippen LogP contribution in [0.25, 0.3) is 0 Å². The van der Waals surface area contributed by atoms with Crippen molar-refractivity contribution in [2.45, 2.75) is 11.5 Å². The average molecular weight is 429 g/mol. The maximum atomic E-state index is 13.7. The first-order chi connectivity index (χ1) is 15.4. The maximum Gasteiger partial charge on any atom is 0.241 e. The van der Waals surface area contributed by atoms with E-state index >= 15 is 0 Å². The monoisotopic (exact) mass is 429 g/mol. The zero-order valence-electron chi connectivity index (χ0n) is 17.0. The van der Waals surface area contributed by atoms with Crippen LogP contribution < -0.4 is 9.64 Å². The number of phenolic OH excluding ortho intramolecular Hbond substituents is 2. The van der Waals surface area contributed by atoms with E-state index in [1.807, 2.05) is 0 Å². The van der Waals surface area contributed by atoms with Crippen LogP contribution in [-0.2, 0) is 15.2 Å². The molecule has 0 radical (unpaired) electrons. The summed E-state index contributed by atoms with van der Waals surface area (Å²) in [6.07, 6.45) is 0. The molecule has 0 saturated carbocycles. The molecule has 2 atom stereocenters. The fourth-order valence-corrected chi connectivity index (χ4v) is 5.91. The van der Waals surface area contributed by atoms with Crippen molar-refractivity contribution in [1.82, 2.24) is 0 Å². The molecule has 3 aromatic rings. The van der Waals surface area contributed by atoms with E-state index in [1.54, 1.807) is 48.5 Å². The van der Waals surface area contributed by atoms with Crippen molar-refractivity contribution in [1.29, 1.82) is 0 Å². The number of carbonyl (C=O) groups excluding carboxylic acids is 2. The van der Waals surface area contributed by atoms with E-state index < -0.39 is 35.2 Å². The number of hydrogen-bond acceptors (Lipinski definition) is 6. The molecule has 32 heavy (non-hydrogen) atoms. The van der Waals surface area contributed by atoms with E-state index in [2.05, 4.69) is 0 Å². The van der Waals surface area contributed by atoms with Gasteiger partial charge in [-0.1, -0.05) is 24.3 Å². The molecule has 2 bridgehead atoms. The van der Waals surface area contributed by atoms with Crippen LogP contribution in [0.5, 0.6) is 17.2 Å². The van der Waals surface area contributed by atoms with Gasteiger partial charge in [0.2, 0.25) is 11.8 Å². The molecular formula is C25H19NO6. The second-order valence-electron chi connectivity index (χ2n) is 8.44. The SMILES string of the molecule is COc1ccc(N2C(=O)C3C4c5cccc(O)c5C(O)(c5c(O)cccc54)C3C2=O)cc1. The van der Waals surface area contributed by atoms with Gasteiger partial charge in [0.05, 0.1) is 24.6 Å². The third-order valence-corrected chi connectivity index (χ3v) is 7.07. The number of anilines is 1. The van der Waals surface area contributed by atoms with Gasteiger partial charge >= 0.3 is 0 Å². The third kappa shape index (κ3) is 2.04. The summed E-state index contributed by atoms with van der Waals surface area (Å²) in [5.41, 5.74) is -0.140. The Morgan fingerprint density at radius 3 is 1.94 bits per heavy atom. The van der Waals surface area contributed by atoms with E-state index in [4.69, 9.17) is 4.74 Å². The summed E-state index contributed by atoms with van der Waals surface area (Å²) in [5.74, 6) is -3.38. The van der Waals surface area contributed by atoms with Crippen molar-refractivity contribution in [3.63, 3.8) is 0 Å². The first-order valence-corrected chi connectivity index (χ1v) is 10.3. The molecule has 1 heterocycles. The van der Waals surface area contributed by atoms with Gasteiger partial charge in [-0.2, -0.15) is 0 Å². The first kappa shape index (κ1) is 18.9. The van der Waals surface area contributed by atoms with Crippen molar-refractivity contribution in [3.8, 4) is 17.2 Å². The number of carbonyl (C=O) groups is 2. The minimum absolute atomic E-state index is 0.175. The van der Waals surface area contributed by atoms with Crippen LogP contribution in [-0.4, -0.2) is 34.2 Å². The standard InChI is InChI=1S/C25H19NO6/c1-32-13-10-8-12(9-11-13)26-23(29)19-18-14-4-2-6-16(27)20(14)25(31,22(19)24(26)30)21-15(18)5-3-7-17(21)28/h2-11,18-19,22,27-28,31H,1H3. The van der Waals surface area contributed by atoms with Crippen molar-refractivity contribution in [2.75, 3.05) is 12.0 Å². The minimum Gasteiger partial charge on any atom is -0.508 e. The lowest BCUT2D eigenvalue weighted by atomic mass is 9.52. The summed E-state index contributed by atoms with van der Waals surface area (Å²) < 4.78 is 5.17. The minimum atomic E-state index is -2.05. The molecule has 4 aliphatic rings. The molecule has 1 aliphatic heterocycles. The van der Waals surface area contributed by atoms with Crippen LogP contribution in [0.3, 0.4) is 0 Å². The number of aromatic hydroxyl groups is 2. The van der Waals surface area contributed by atoms with Crippen LogP contribution in [0.15, 0.2) is 60.7 Å². The number of aliphatic hydroxyl groups is 1. The Hall–Kier alpha value is -3.84. The molecule has 160 valence electrons. The van der Waals surface area contributed by atoms with Gasteiger partial charge in [0.1, 0.15) is 22.8 Å². The summed E-state index contributed by atoms with van der Waals surface area (Å²) in [4.78, 5) is 28.5. The van der Waals surface area contributed by atoms with Crippen molar-refractivity contribution in [2.24, 2.45) is 11.8 Å². The molecule has 7 heteroatoms. The maximum absolute atomic E-state index is 13.7. The van der Waals surface area contributed by atoms with Crippen molar-refractivity contribution in [3.05, 3.63) is 82.9 Å². The summed E-state index contributed by atoms with van der Waals surface area (Å²) in [6, 6.07) is 16.2. The summed E-state index contributed by atoms with van der Waals surface area (Å²) in [7, 11) is 1.52. The molecule has 7 rings (SSSR count). The van der Waals surface area contributed by atoms with E-state index in [9.17, 15) is 24.9 Å². The van der Waals surface area contributed by atoms with Crippen LogP contribution >= 0.6 is 0 Å². The van der Waals surface area contributed by atoms with E-state index in [0.29, 0.717) is 22.6 Å². The Morgan fingerprint density at radius 2 is 1.41 bits per heavy atom. The first-order valence-electron chi connectivity index (χ1n) is 10.3. The van der Waals surface area contributed by atoms with Crippen molar-refractivity contribution < 1.29 is 29.6 Å². The summed E-state index contributed by atoms with van der Waals surface area (Å²) in [6.45, 7) is 0. The molecule has 0 spiro atoms. The number of phenols is 2. The lowest BCUT2D eigenvalue weighted by Crippen LogP contribution is -2.53. The van der Waals surface area contributed by atoms with Crippen LogP contribution in [0.4, 0.5) is 5.69 Å². The summed E-state index contributed by atoms with van der Waals surface area (Å²) in [5, 5.41) is 33.6. The third-order valence-electron chi connectivity index (χ3n) is 7.07. The topological polar surface area (TPSA) is 107 Å². The number of methoxy groups -OCH3 is 1. The number of nitrogens with zero attached hydrogens (tertiary/aromatic N) is 1. The number of amides is 2. The second kappa shape index (κ2) is 6.11. The Morgan fingerprint density at radius 1 is 0.844 bits per heavy atom. The van der Waals surface area contributed by atoms with Gasteiger partial charge in [-0.05, 0) is 47.5 Å². The van der Waals surface area contributed by atoms with Gasteiger partial charge < -0.3 is 20.1 Å². The van der Waals surface area contributed by atoms with E-state index in [0.717, 1.165) is 4.90 Å². The predicted molar refractivity (Wildman–Crippen MR) is 114 cm³/mol. The molecule has 2 amide bonds. The Balaban J connectivity index is 1.61. The van der Waals surface area contributed by atoms with Gasteiger partial charge in [-0.3, -0.25) is 9.59 Å². The highest BCUT2D eigenvalue weighted by Crippen LogP contribution is 2.66. The highest BCUT2D eigenvalue weighted by atomic mass is 16.5. The molecule has 0 aromatic heterocycles. The number of imide groups is 1. The van der Waals surface area contributed by atoms with Crippen LogP contribution in [0.1, 0.15) is 28.2 Å². The molecule has 3 aromatic carbocycles. The normalized spacial score (nSPS) is 27.2. The molecular weight excluding hydrogens is 410 g/mol. The number of hydrogen-bond donors (Lipinski definition) is 3. The lowest BCUT2D eigenvalue weighted by Gasteiger charge is -2.51. The largest absolute Gasteiger partial charge is 0.508 e. The molecule has 1 saturated heterocycles. The molecule has 3 N–H and O–H groups in total. The average Bonchev–Trinajstić information content (AvgIpc) is 3.05. The molecule has 1 fully saturated rings. The van der Waals surface area contributed by atoms with Gasteiger partial charge in [-0.25, -0.2) is 4.90 Å². The Bertz CT molecular complexity index is 1260. The Kier molecular flexibility index (Phi) is 3.61. The quantitative estimate of drug-likeness (QED) is 0.541. The zero-order valence-corrected chi connectivity index (χ0v) is 17.0.